The Morgan fingerprint density at radius 1 is 1.39 bits per heavy atom. The van der Waals surface area contributed by atoms with E-state index >= 15 is 0 Å². The summed E-state index contributed by atoms with van der Waals surface area (Å²) in [7, 11) is 6.48. The third-order valence-electron chi connectivity index (χ3n) is 4.88. The van der Waals surface area contributed by atoms with Gasteiger partial charge in [-0.05, 0) is 46.3 Å². The Hall–Kier alpha value is -1.24. The maximum absolute atomic E-state index is 4.38. The molecule has 23 heavy (non-hydrogen) atoms. The highest BCUT2D eigenvalue weighted by atomic mass is 32.1. The molecular formula is C17H27N5S. The Bertz CT molecular complexity index is 634. The highest BCUT2D eigenvalue weighted by Gasteiger charge is 2.32. The van der Waals surface area contributed by atoms with Crippen LogP contribution in [0.1, 0.15) is 35.0 Å². The van der Waals surface area contributed by atoms with Crippen LogP contribution in [0.3, 0.4) is 0 Å². The topological polar surface area (TPSA) is 37.2 Å². The van der Waals surface area contributed by atoms with Crippen molar-refractivity contribution in [2.75, 3.05) is 27.2 Å². The van der Waals surface area contributed by atoms with E-state index < -0.39 is 0 Å². The molecule has 0 aromatic carbocycles. The second-order valence-corrected chi connectivity index (χ2v) is 7.77. The van der Waals surface area contributed by atoms with Crippen LogP contribution in [-0.4, -0.2) is 51.7 Å². The second kappa shape index (κ2) is 7.11. The van der Waals surface area contributed by atoms with Crippen molar-refractivity contribution in [1.82, 2.24) is 24.6 Å². The van der Waals surface area contributed by atoms with Gasteiger partial charge in [0.25, 0.3) is 0 Å². The lowest BCUT2D eigenvalue weighted by Gasteiger charge is -2.40. The van der Waals surface area contributed by atoms with Gasteiger partial charge in [0.2, 0.25) is 0 Å². The molecule has 3 heterocycles. The minimum atomic E-state index is 0.474. The van der Waals surface area contributed by atoms with Gasteiger partial charge < -0.3 is 4.90 Å². The maximum atomic E-state index is 4.38. The lowest BCUT2D eigenvalue weighted by atomic mass is 9.86. The van der Waals surface area contributed by atoms with Gasteiger partial charge in [-0.3, -0.25) is 9.58 Å². The smallest absolute Gasteiger partial charge is 0.0798 e. The first-order valence-corrected chi connectivity index (χ1v) is 9.19. The number of likely N-dealkylation sites (tertiary alicyclic amines) is 1. The van der Waals surface area contributed by atoms with Gasteiger partial charge in [-0.25, -0.2) is 4.98 Å². The Morgan fingerprint density at radius 2 is 2.22 bits per heavy atom. The molecule has 0 amide bonds. The summed E-state index contributed by atoms with van der Waals surface area (Å²) in [5.41, 5.74) is 4.47. The molecule has 2 atom stereocenters. The third-order valence-corrected chi connectivity index (χ3v) is 5.80. The van der Waals surface area contributed by atoms with Gasteiger partial charge >= 0.3 is 0 Å². The molecule has 0 aliphatic carbocycles. The van der Waals surface area contributed by atoms with Crippen LogP contribution in [-0.2, 0) is 13.6 Å². The Labute approximate surface area is 142 Å². The van der Waals surface area contributed by atoms with Crippen LogP contribution in [0.5, 0.6) is 0 Å². The molecule has 2 aromatic heterocycles. The van der Waals surface area contributed by atoms with Crippen LogP contribution < -0.4 is 0 Å². The van der Waals surface area contributed by atoms with Crippen molar-refractivity contribution in [1.29, 1.82) is 0 Å². The lowest BCUT2D eigenvalue weighted by molar-refractivity contribution is 0.0928. The van der Waals surface area contributed by atoms with Gasteiger partial charge in [-0.15, -0.1) is 11.3 Å². The summed E-state index contributed by atoms with van der Waals surface area (Å²) in [6, 6.07) is 0.474. The molecule has 0 unspecified atom stereocenters. The molecule has 1 saturated heterocycles. The first kappa shape index (κ1) is 16.6. The summed E-state index contributed by atoms with van der Waals surface area (Å²) < 4.78 is 1.92. The van der Waals surface area contributed by atoms with Crippen LogP contribution in [0.25, 0.3) is 0 Å². The molecule has 1 aliphatic rings. The maximum Gasteiger partial charge on any atom is 0.0798 e. The number of hydrogen-bond acceptors (Lipinski definition) is 5. The van der Waals surface area contributed by atoms with E-state index in [0.29, 0.717) is 12.0 Å². The Morgan fingerprint density at radius 3 is 2.87 bits per heavy atom. The molecule has 1 fully saturated rings. The zero-order chi connectivity index (χ0) is 16.4. The summed E-state index contributed by atoms with van der Waals surface area (Å²) in [5, 5.41) is 4.38. The average Bonchev–Trinajstić information content (AvgIpc) is 3.08. The molecule has 0 radical (unpaired) electrons. The van der Waals surface area contributed by atoms with E-state index in [1.807, 2.05) is 23.4 Å². The quantitative estimate of drug-likeness (QED) is 0.843. The largest absolute Gasteiger partial charge is 0.301 e. The zero-order valence-corrected chi connectivity index (χ0v) is 15.4. The van der Waals surface area contributed by atoms with E-state index in [4.69, 9.17) is 0 Å². The van der Waals surface area contributed by atoms with Gasteiger partial charge in [0.15, 0.2) is 0 Å². The molecule has 0 N–H and O–H groups in total. The summed E-state index contributed by atoms with van der Waals surface area (Å²) in [6.07, 6.45) is 6.78. The normalized spacial score (nSPS) is 22.8. The number of rotatable bonds is 5. The van der Waals surface area contributed by atoms with Crippen molar-refractivity contribution in [3.63, 3.8) is 0 Å². The van der Waals surface area contributed by atoms with Gasteiger partial charge in [0.05, 0.1) is 17.4 Å². The number of nitrogens with zero attached hydrogens (tertiary/aromatic N) is 5. The second-order valence-electron chi connectivity index (χ2n) is 6.83. The number of aromatic nitrogens is 3. The predicted molar refractivity (Wildman–Crippen MR) is 94.5 cm³/mol. The first-order valence-electron chi connectivity index (χ1n) is 8.31. The molecule has 5 nitrogen and oxygen atoms in total. The predicted octanol–water partition coefficient (Wildman–Crippen LogP) is 2.70. The number of hydrogen-bond donors (Lipinski definition) is 0. The standard InChI is InChI=1S/C17H27N5S/c1-13-16(23-12-18-13)11-20(2)9-14-6-5-7-21(3)17(14)15-8-19-22(4)10-15/h8,10,12,14,17H,5-7,9,11H2,1-4H3/t14-,17+/m0/s1. The zero-order valence-electron chi connectivity index (χ0n) is 14.6. The lowest BCUT2D eigenvalue weighted by Crippen LogP contribution is -2.40. The van der Waals surface area contributed by atoms with Crippen molar-refractivity contribution >= 4 is 11.3 Å². The van der Waals surface area contributed by atoms with Crippen molar-refractivity contribution in [3.8, 4) is 0 Å². The molecule has 126 valence electrons. The molecule has 6 heteroatoms. The number of aryl methyl sites for hydroxylation is 2. The summed E-state index contributed by atoms with van der Waals surface area (Å²) in [4.78, 5) is 10.7. The third kappa shape index (κ3) is 3.82. The molecule has 0 saturated carbocycles. The molecule has 1 aliphatic heterocycles. The Kier molecular flexibility index (Phi) is 5.14. The minimum absolute atomic E-state index is 0.474. The van der Waals surface area contributed by atoms with E-state index in [9.17, 15) is 0 Å². The van der Waals surface area contributed by atoms with E-state index in [1.54, 1.807) is 11.3 Å². The fraction of sp³-hybridized carbons (Fsp3) is 0.647. The van der Waals surface area contributed by atoms with E-state index in [0.717, 1.165) is 13.1 Å². The van der Waals surface area contributed by atoms with Gasteiger partial charge in [0, 0.05) is 42.8 Å². The SMILES string of the molecule is Cc1ncsc1CN(C)C[C@@H]1CCCN(C)[C@H]1c1cnn(C)c1. The molecular weight excluding hydrogens is 306 g/mol. The van der Waals surface area contributed by atoms with E-state index in [2.05, 4.69) is 47.1 Å². The monoisotopic (exact) mass is 333 g/mol. The molecule has 0 spiro atoms. The Balaban J connectivity index is 1.70. The van der Waals surface area contributed by atoms with Crippen molar-refractivity contribution < 1.29 is 0 Å². The van der Waals surface area contributed by atoms with E-state index in [1.165, 1.54) is 35.5 Å². The molecule has 0 bridgehead atoms. The van der Waals surface area contributed by atoms with Crippen LogP contribution in [0.4, 0.5) is 0 Å². The summed E-state index contributed by atoms with van der Waals surface area (Å²) in [6.45, 7) is 5.39. The van der Waals surface area contributed by atoms with Crippen LogP contribution >= 0.6 is 11.3 Å². The van der Waals surface area contributed by atoms with Gasteiger partial charge in [0.1, 0.15) is 0 Å². The minimum Gasteiger partial charge on any atom is -0.301 e. The summed E-state index contributed by atoms with van der Waals surface area (Å²) in [5.74, 6) is 0.649. The highest BCUT2D eigenvalue weighted by Crippen LogP contribution is 2.35. The molecule has 3 rings (SSSR count). The van der Waals surface area contributed by atoms with Crippen molar-refractivity contribution in [3.05, 3.63) is 34.0 Å². The summed E-state index contributed by atoms with van der Waals surface area (Å²) >= 11 is 1.76. The average molecular weight is 334 g/mol. The van der Waals surface area contributed by atoms with Crippen molar-refractivity contribution in [2.45, 2.75) is 32.4 Å². The van der Waals surface area contributed by atoms with E-state index in [-0.39, 0.29) is 0 Å². The number of piperidine rings is 1. The van der Waals surface area contributed by atoms with Crippen LogP contribution in [0, 0.1) is 12.8 Å². The van der Waals surface area contributed by atoms with Crippen molar-refractivity contribution in [2.24, 2.45) is 13.0 Å². The van der Waals surface area contributed by atoms with Gasteiger partial charge in [-0.2, -0.15) is 5.10 Å². The number of thiazole rings is 1. The van der Waals surface area contributed by atoms with Crippen LogP contribution in [0.15, 0.2) is 17.9 Å². The highest BCUT2D eigenvalue weighted by molar-refractivity contribution is 7.09. The van der Waals surface area contributed by atoms with Crippen LogP contribution in [0.2, 0.25) is 0 Å². The molecule has 2 aromatic rings. The van der Waals surface area contributed by atoms with Gasteiger partial charge in [-0.1, -0.05) is 0 Å². The first-order chi connectivity index (χ1) is 11.0. The fourth-order valence-corrected chi connectivity index (χ4v) is 4.61. The fourth-order valence-electron chi connectivity index (χ4n) is 3.76.